The summed E-state index contributed by atoms with van der Waals surface area (Å²) in [5.41, 5.74) is 1.83. The van der Waals surface area contributed by atoms with E-state index in [1.54, 1.807) is 19.1 Å². The second-order valence-corrected chi connectivity index (χ2v) is 11.6. The molecule has 1 atom stereocenters. The second kappa shape index (κ2) is 11.0. The molecule has 9 heteroatoms. The molecule has 1 N–H and O–H groups in total. The van der Waals surface area contributed by atoms with Crippen LogP contribution in [-0.2, 0) is 26.2 Å². The molecule has 2 aromatic carbocycles. The van der Waals surface area contributed by atoms with Gasteiger partial charge in [0, 0.05) is 17.6 Å². The lowest BCUT2D eigenvalue weighted by Gasteiger charge is -2.33. The van der Waals surface area contributed by atoms with Gasteiger partial charge in [-0.1, -0.05) is 36.4 Å². The predicted octanol–water partition coefficient (Wildman–Crippen LogP) is 3.30. The van der Waals surface area contributed by atoms with Crippen molar-refractivity contribution in [3.8, 4) is 0 Å². The Balaban J connectivity index is 2.46. The zero-order valence-corrected chi connectivity index (χ0v) is 22.3. The fourth-order valence-corrected chi connectivity index (χ4v) is 4.36. The Morgan fingerprint density at radius 1 is 1.03 bits per heavy atom. The monoisotopic (exact) mass is 501 g/mol. The Labute approximate surface area is 208 Å². The smallest absolute Gasteiger partial charge is 0.244 e. The zero-order chi connectivity index (χ0) is 26.6. The lowest BCUT2D eigenvalue weighted by atomic mass is 10.1. The van der Waals surface area contributed by atoms with Gasteiger partial charge in [-0.25, -0.2) is 8.42 Å². The van der Waals surface area contributed by atoms with Crippen LogP contribution in [0.25, 0.3) is 0 Å². The average Bonchev–Trinajstić information content (AvgIpc) is 2.74. The van der Waals surface area contributed by atoms with Crippen LogP contribution in [0.1, 0.15) is 56.1 Å². The molecule has 0 spiro atoms. The normalized spacial score (nSPS) is 12.5. The molecular weight excluding hydrogens is 466 g/mol. The number of rotatable bonds is 9. The van der Waals surface area contributed by atoms with Crippen LogP contribution < -0.4 is 9.62 Å². The van der Waals surface area contributed by atoms with E-state index in [0.29, 0.717) is 5.56 Å². The SMILES string of the molecule is CC(=O)c1cccc(N(CC(=O)N(Cc2ccccc2C)[C@H](C)C(=O)NC(C)(C)C)S(C)(=O)=O)c1. The topological polar surface area (TPSA) is 104 Å². The predicted molar refractivity (Wildman–Crippen MR) is 138 cm³/mol. The van der Waals surface area contributed by atoms with Gasteiger partial charge in [0.15, 0.2) is 5.78 Å². The van der Waals surface area contributed by atoms with Crippen molar-refractivity contribution in [3.05, 3.63) is 65.2 Å². The molecule has 0 heterocycles. The number of hydrogen-bond donors (Lipinski definition) is 1. The Bertz CT molecular complexity index is 1200. The molecule has 0 saturated carbocycles. The summed E-state index contributed by atoms with van der Waals surface area (Å²) < 4.78 is 26.3. The van der Waals surface area contributed by atoms with E-state index in [9.17, 15) is 22.8 Å². The van der Waals surface area contributed by atoms with E-state index in [-0.39, 0.29) is 23.9 Å². The van der Waals surface area contributed by atoms with Crippen LogP contribution >= 0.6 is 0 Å². The van der Waals surface area contributed by atoms with Gasteiger partial charge in [-0.05, 0) is 64.8 Å². The maximum Gasteiger partial charge on any atom is 0.244 e. The minimum Gasteiger partial charge on any atom is -0.350 e. The summed E-state index contributed by atoms with van der Waals surface area (Å²) >= 11 is 0. The molecule has 8 nitrogen and oxygen atoms in total. The van der Waals surface area contributed by atoms with Crippen LogP contribution in [0.3, 0.4) is 0 Å². The number of carbonyl (C=O) groups excluding carboxylic acids is 3. The van der Waals surface area contributed by atoms with Gasteiger partial charge in [0.05, 0.1) is 11.9 Å². The number of carbonyl (C=O) groups is 3. The first-order valence-corrected chi connectivity index (χ1v) is 13.2. The molecule has 2 rings (SSSR count). The van der Waals surface area contributed by atoms with Gasteiger partial charge in [0.2, 0.25) is 21.8 Å². The number of aryl methyl sites for hydroxylation is 1. The molecule has 35 heavy (non-hydrogen) atoms. The summed E-state index contributed by atoms with van der Waals surface area (Å²) in [6.45, 7) is 10.1. The number of ketones is 1. The molecule has 2 amide bonds. The van der Waals surface area contributed by atoms with Crippen molar-refractivity contribution in [2.45, 2.75) is 59.7 Å². The molecule has 0 aliphatic rings. The third-order valence-corrected chi connectivity index (χ3v) is 6.63. The Morgan fingerprint density at radius 2 is 1.66 bits per heavy atom. The highest BCUT2D eigenvalue weighted by molar-refractivity contribution is 7.92. The Kier molecular flexibility index (Phi) is 8.84. The van der Waals surface area contributed by atoms with Gasteiger partial charge >= 0.3 is 0 Å². The first-order valence-electron chi connectivity index (χ1n) is 11.3. The maximum absolute atomic E-state index is 13.6. The highest BCUT2D eigenvalue weighted by Crippen LogP contribution is 2.21. The van der Waals surface area contributed by atoms with E-state index in [4.69, 9.17) is 0 Å². The maximum atomic E-state index is 13.6. The molecule has 0 aliphatic heterocycles. The lowest BCUT2D eigenvalue weighted by molar-refractivity contribution is -0.140. The standard InChI is InChI=1S/C26H35N3O5S/c1-18-11-8-9-12-22(18)16-28(19(2)25(32)27-26(4,5)6)24(31)17-29(35(7,33)34)23-14-10-13-21(15-23)20(3)30/h8-15,19H,16-17H2,1-7H3,(H,27,32)/t19-/m1/s1. The third kappa shape index (κ3) is 7.92. The molecule has 0 radical (unpaired) electrons. The molecule has 190 valence electrons. The molecule has 0 aliphatic carbocycles. The first-order chi connectivity index (χ1) is 16.1. The lowest BCUT2D eigenvalue weighted by Crippen LogP contribution is -2.54. The van der Waals surface area contributed by atoms with Crippen molar-refractivity contribution in [1.29, 1.82) is 0 Å². The number of sulfonamides is 1. The number of hydrogen-bond acceptors (Lipinski definition) is 5. The molecule has 0 saturated heterocycles. The number of amides is 2. The van der Waals surface area contributed by atoms with Crippen LogP contribution in [0.5, 0.6) is 0 Å². The third-order valence-electron chi connectivity index (χ3n) is 5.49. The van der Waals surface area contributed by atoms with Crippen LogP contribution in [0.2, 0.25) is 0 Å². The van der Waals surface area contributed by atoms with Crippen LogP contribution in [0.15, 0.2) is 48.5 Å². The van der Waals surface area contributed by atoms with E-state index in [1.165, 1.54) is 24.0 Å². The summed E-state index contributed by atoms with van der Waals surface area (Å²) in [5.74, 6) is -1.10. The zero-order valence-electron chi connectivity index (χ0n) is 21.5. The second-order valence-electron chi connectivity index (χ2n) is 9.74. The minimum absolute atomic E-state index is 0.134. The van der Waals surface area contributed by atoms with Crippen molar-refractivity contribution >= 4 is 33.3 Å². The van der Waals surface area contributed by atoms with Crippen molar-refractivity contribution in [2.24, 2.45) is 0 Å². The van der Waals surface area contributed by atoms with E-state index in [2.05, 4.69) is 5.32 Å². The van der Waals surface area contributed by atoms with Crippen LogP contribution in [0.4, 0.5) is 5.69 Å². The summed E-state index contributed by atoms with van der Waals surface area (Å²) in [6.07, 6.45) is 1.00. The van der Waals surface area contributed by atoms with Crippen LogP contribution in [-0.4, -0.2) is 55.3 Å². The average molecular weight is 502 g/mol. The van der Waals surface area contributed by atoms with Crippen molar-refractivity contribution in [3.63, 3.8) is 0 Å². The van der Waals surface area contributed by atoms with Crippen molar-refractivity contribution < 1.29 is 22.8 Å². The van der Waals surface area contributed by atoms with Gasteiger partial charge in [-0.15, -0.1) is 0 Å². The first kappa shape index (κ1) is 28.0. The Hall–Kier alpha value is -3.20. The van der Waals surface area contributed by atoms with Gasteiger partial charge in [-0.2, -0.15) is 0 Å². The van der Waals surface area contributed by atoms with Gasteiger partial charge in [0.1, 0.15) is 12.6 Å². The number of nitrogens with one attached hydrogen (secondary N) is 1. The van der Waals surface area contributed by atoms with Crippen molar-refractivity contribution in [1.82, 2.24) is 10.2 Å². The largest absolute Gasteiger partial charge is 0.350 e. The molecule has 0 fully saturated rings. The molecule has 2 aromatic rings. The van der Waals surface area contributed by atoms with Crippen LogP contribution in [0, 0.1) is 6.92 Å². The summed E-state index contributed by atoms with van der Waals surface area (Å²) in [5, 5.41) is 2.89. The summed E-state index contributed by atoms with van der Waals surface area (Å²) in [6, 6.07) is 12.8. The van der Waals surface area contributed by atoms with E-state index < -0.39 is 34.1 Å². The minimum atomic E-state index is -3.87. The molecule has 0 unspecified atom stereocenters. The number of Topliss-reactive ketones (excluding diaryl/α,β-unsaturated/α-hetero) is 1. The molecule has 0 bridgehead atoms. The van der Waals surface area contributed by atoms with Gasteiger partial charge in [0.25, 0.3) is 0 Å². The summed E-state index contributed by atoms with van der Waals surface area (Å²) in [7, 11) is -3.87. The highest BCUT2D eigenvalue weighted by atomic mass is 32.2. The number of benzene rings is 2. The van der Waals surface area contributed by atoms with Crippen molar-refractivity contribution in [2.75, 3.05) is 17.1 Å². The van der Waals surface area contributed by atoms with E-state index in [1.807, 2.05) is 52.0 Å². The number of nitrogens with zero attached hydrogens (tertiary/aromatic N) is 2. The van der Waals surface area contributed by atoms with E-state index in [0.717, 1.165) is 21.7 Å². The summed E-state index contributed by atoms with van der Waals surface area (Å²) in [4.78, 5) is 39.8. The van der Waals surface area contributed by atoms with Gasteiger partial charge < -0.3 is 10.2 Å². The number of anilines is 1. The fraction of sp³-hybridized carbons (Fsp3) is 0.423. The highest BCUT2D eigenvalue weighted by Gasteiger charge is 2.31. The molecular formula is C26H35N3O5S. The quantitative estimate of drug-likeness (QED) is 0.531. The van der Waals surface area contributed by atoms with E-state index >= 15 is 0 Å². The molecule has 0 aromatic heterocycles. The fourth-order valence-electron chi connectivity index (χ4n) is 3.52. The van der Waals surface area contributed by atoms with Gasteiger partial charge in [-0.3, -0.25) is 18.7 Å². The Morgan fingerprint density at radius 3 is 2.20 bits per heavy atom.